The van der Waals surface area contributed by atoms with Gasteiger partial charge in [0.05, 0.1) is 39.9 Å². The number of nitrogens with zero attached hydrogens (tertiary/aromatic N) is 1. The van der Waals surface area contributed by atoms with Gasteiger partial charge >= 0.3 is 11.9 Å². The summed E-state index contributed by atoms with van der Waals surface area (Å²) in [6.45, 7) is 0.498. The normalized spacial score (nSPS) is 17.5. The molecule has 1 saturated heterocycles. The van der Waals surface area contributed by atoms with Crippen molar-refractivity contribution < 1.29 is 52.5 Å². The summed E-state index contributed by atoms with van der Waals surface area (Å²) >= 11 is 1.57. The quantitative estimate of drug-likeness (QED) is 0.102. The van der Waals surface area contributed by atoms with Crippen molar-refractivity contribution in [3.63, 3.8) is 0 Å². The summed E-state index contributed by atoms with van der Waals surface area (Å²) in [4.78, 5) is 65.8. The molecule has 288 valence electrons. The van der Waals surface area contributed by atoms with Gasteiger partial charge in [-0.05, 0) is 67.2 Å². The van der Waals surface area contributed by atoms with Crippen LogP contribution in [0.15, 0.2) is 35.7 Å². The van der Waals surface area contributed by atoms with Crippen LogP contribution in [0, 0.1) is 11.8 Å². The van der Waals surface area contributed by atoms with Gasteiger partial charge in [0.25, 0.3) is 11.8 Å². The molecule has 2 aromatic rings. The third kappa shape index (κ3) is 12.4. The first-order chi connectivity index (χ1) is 25.6. The first-order valence-corrected chi connectivity index (χ1v) is 19.0. The summed E-state index contributed by atoms with van der Waals surface area (Å²) in [7, 11) is 6.33. The monoisotopic (exact) mass is 754 g/mol. The molecule has 1 aliphatic heterocycles. The number of rotatable bonds is 18. The molecule has 2 unspecified atom stereocenters. The van der Waals surface area contributed by atoms with Gasteiger partial charge in [-0.15, -0.1) is 16.8 Å². The lowest BCUT2D eigenvalue weighted by molar-refractivity contribution is -0.197. The van der Waals surface area contributed by atoms with Crippen LogP contribution in [0.25, 0.3) is 6.08 Å². The molecule has 0 bridgehead atoms. The van der Waals surface area contributed by atoms with Crippen molar-refractivity contribution in [2.45, 2.75) is 82.8 Å². The van der Waals surface area contributed by atoms with E-state index < -0.39 is 17.8 Å². The fourth-order valence-electron chi connectivity index (χ4n) is 6.32. The van der Waals surface area contributed by atoms with Crippen molar-refractivity contribution in [3.05, 3.63) is 46.9 Å². The number of hydrogen-bond acceptors (Lipinski definition) is 12. The van der Waals surface area contributed by atoms with Crippen molar-refractivity contribution in [3.8, 4) is 28.7 Å². The molecule has 53 heavy (non-hydrogen) atoms. The number of methoxy groups -OCH3 is 4. The van der Waals surface area contributed by atoms with Crippen LogP contribution in [0.4, 0.5) is 0 Å². The molecule has 1 N–H and O–H groups in total. The summed E-state index contributed by atoms with van der Waals surface area (Å²) in [6, 6.07) is 9.20. The lowest BCUT2D eigenvalue weighted by Crippen LogP contribution is -2.32. The Morgan fingerprint density at radius 2 is 1.53 bits per heavy atom. The molecule has 1 aliphatic carbocycles. The van der Waals surface area contributed by atoms with Crippen molar-refractivity contribution >= 4 is 47.5 Å². The second-order valence-corrected chi connectivity index (χ2v) is 13.8. The Hall–Kier alpha value is -4.72. The second kappa shape index (κ2) is 21.1. The maximum atomic E-state index is 13.4. The minimum atomic E-state index is -0.716. The predicted molar refractivity (Wildman–Crippen MR) is 198 cm³/mol. The molecule has 2 fully saturated rings. The van der Waals surface area contributed by atoms with E-state index in [9.17, 15) is 24.0 Å². The zero-order chi connectivity index (χ0) is 38.2. The van der Waals surface area contributed by atoms with E-state index in [-0.39, 0.29) is 49.9 Å². The Balaban J connectivity index is 1.21. The highest BCUT2D eigenvalue weighted by Gasteiger charge is 2.32. The first kappa shape index (κ1) is 41.0. The van der Waals surface area contributed by atoms with E-state index in [1.807, 2.05) is 29.7 Å². The van der Waals surface area contributed by atoms with E-state index in [1.165, 1.54) is 0 Å². The zero-order valence-corrected chi connectivity index (χ0v) is 31.8. The number of carbonyl (C=O) groups is 5. The van der Waals surface area contributed by atoms with E-state index in [1.54, 1.807) is 52.3 Å². The summed E-state index contributed by atoms with van der Waals surface area (Å²) < 4.78 is 27.9. The Morgan fingerprint density at radius 3 is 2.21 bits per heavy atom. The number of thioether (sulfide) groups is 1. The summed E-state index contributed by atoms with van der Waals surface area (Å²) in [5, 5.41) is 5.39. The number of amides is 3. The van der Waals surface area contributed by atoms with Crippen LogP contribution in [0.2, 0.25) is 0 Å². The largest absolute Gasteiger partial charge is 0.496 e. The molecular formula is C39H50N2O11S. The minimum absolute atomic E-state index is 0.0321. The van der Waals surface area contributed by atoms with Gasteiger partial charge in [0, 0.05) is 50.1 Å². The highest BCUT2D eigenvalue weighted by atomic mass is 32.2. The molecule has 4 rings (SSSR count). The maximum absolute atomic E-state index is 13.4. The van der Waals surface area contributed by atoms with Crippen LogP contribution >= 0.6 is 11.8 Å². The Bertz CT molecular complexity index is 1590. The lowest BCUT2D eigenvalue weighted by Gasteiger charge is -2.24. The highest BCUT2D eigenvalue weighted by Crippen LogP contribution is 2.37. The van der Waals surface area contributed by atoms with E-state index in [4.69, 9.17) is 28.5 Å². The fourth-order valence-corrected chi connectivity index (χ4v) is 7.02. The van der Waals surface area contributed by atoms with Gasteiger partial charge in [0.1, 0.15) is 17.2 Å². The van der Waals surface area contributed by atoms with Gasteiger partial charge in [-0.2, -0.15) is 0 Å². The highest BCUT2D eigenvalue weighted by molar-refractivity contribution is 8.01. The maximum Gasteiger partial charge on any atom is 0.333 e. The average molecular weight is 755 g/mol. The van der Waals surface area contributed by atoms with Gasteiger partial charge in [0.15, 0.2) is 11.5 Å². The molecule has 14 heteroatoms. The molecular weight excluding hydrogens is 704 g/mol. The summed E-state index contributed by atoms with van der Waals surface area (Å²) in [6.07, 6.45) is 8.30. The lowest BCUT2D eigenvalue weighted by atomic mass is 9.84. The zero-order valence-electron chi connectivity index (χ0n) is 30.9. The number of nitrogens with one attached hydrogen (secondary N) is 1. The van der Waals surface area contributed by atoms with Gasteiger partial charge in [-0.1, -0.05) is 25.3 Å². The number of carbonyl (C=O) groups excluding carboxylic acids is 5. The molecule has 2 aliphatic rings. The molecule has 0 aromatic heterocycles. The van der Waals surface area contributed by atoms with Gasteiger partial charge in [-0.3, -0.25) is 19.2 Å². The van der Waals surface area contributed by atoms with Gasteiger partial charge in [-0.25, -0.2) is 4.79 Å². The van der Waals surface area contributed by atoms with E-state index in [0.29, 0.717) is 58.4 Å². The number of ether oxygens (including phenoxy) is 5. The average Bonchev–Trinajstić information content (AvgIpc) is 3.46. The minimum Gasteiger partial charge on any atom is -0.496 e. The number of imide groups is 1. The van der Waals surface area contributed by atoms with Crippen LogP contribution in [-0.2, 0) is 34.6 Å². The number of benzene rings is 2. The predicted octanol–water partition coefficient (Wildman–Crippen LogP) is 6.40. The van der Waals surface area contributed by atoms with Crippen LogP contribution in [0.1, 0.15) is 88.2 Å². The molecule has 3 amide bonds. The fraction of sp³-hybridized carbons (Fsp3) is 0.513. The van der Waals surface area contributed by atoms with Crippen molar-refractivity contribution in [2.24, 2.45) is 11.8 Å². The van der Waals surface area contributed by atoms with Crippen molar-refractivity contribution in [1.82, 2.24) is 10.4 Å². The third-order valence-corrected chi connectivity index (χ3v) is 10.1. The molecule has 2 atom stereocenters. The number of hydrogen-bond donors (Lipinski definition) is 1. The van der Waals surface area contributed by atoms with E-state index in [2.05, 4.69) is 5.32 Å². The molecule has 2 aromatic carbocycles. The Labute approximate surface area is 315 Å². The summed E-state index contributed by atoms with van der Waals surface area (Å²) in [5.41, 5.74) is 1.76. The van der Waals surface area contributed by atoms with Crippen LogP contribution in [0.3, 0.4) is 0 Å². The standard InChI is InChI=1S/C39H50N2O11S/c1-47-29-23-32(49-3)30(33(24-29)50-4)19-21-53-25-27-13-15-31(48-2)34(22-27)51-39(46)28-9-6-5-8-26(12-14-28)18-20-40-35(42)10-7-11-38(45)52-41-36(43)16-17-37(41)44/h13,15,19,21-24,26,28H,5-12,14,16-18,20,25H2,1-4H3,(H,40,42)/b21-19+. The van der Waals surface area contributed by atoms with Crippen molar-refractivity contribution in [1.29, 1.82) is 0 Å². The van der Waals surface area contributed by atoms with Crippen molar-refractivity contribution in [2.75, 3.05) is 35.0 Å². The van der Waals surface area contributed by atoms with Crippen LogP contribution in [0.5, 0.6) is 28.7 Å². The molecule has 0 radical (unpaired) electrons. The Kier molecular flexibility index (Phi) is 16.3. The summed E-state index contributed by atoms with van der Waals surface area (Å²) in [5.74, 6) is 1.31. The smallest absolute Gasteiger partial charge is 0.333 e. The molecule has 1 saturated carbocycles. The topological polar surface area (TPSA) is 156 Å². The third-order valence-electron chi connectivity index (χ3n) is 9.30. The number of esters is 1. The van der Waals surface area contributed by atoms with Crippen LogP contribution < -0.4 is 29.0 Å². The molecule has 13 nitrogen and oxygen atoms in total. The first-order valence-electron chi connectivity index (χ1n) is 18.0. The molecule has 1 heterocycles. The van der Waals surface area contributed by atoms with E-state index >= 15 is 0 Å². The SMILES string of the molecule is COc1cc(OC)c(/C=C/SCc2ccc(OC)c(OC(=O)C3CCCCC(CCNC(=O)CCCC(=O)ON4C(=O)CCC4=O)CC3)c2)c(OC)c1. The number of hydroxylamine groups is 2. The van der Waals surface area contributed by atoms with Gasteiger partial charge in [0.2, 0.25) is 5.91 Å². The second-order valence-electron chi connectivity index (χ2n) is 12.9. The molecule has 0 spiro atoms. The van der Waals surface area contributed by atoms with Gasteiger partial charge < -0.3 is 33.8 Å². The van der Waals surface area contributed by atoms with Crippen LogP contribution in [-0.4, -0.2) is 69.7 Å². The van der Waals surface area contributed by atoms with E-state index in [0.717, 1.165) is 49.7 Å². The Morgan fingerprint density at radius 1 is 0.830 bits per heavy atom.